The zero-order chi connectivity index (χ0) is 25.2. The van der Waals surface area contributed by atoms with Crippen LogP contribution in [0, 0.1) is 0 Å². The van der Waals surface area contributed by atoms with Gasteiger partial charge in [-0.05, 0) is 57.9 Å². The Morgan fingerprint density at radius 1 is 0.886 bits per heavy atom. The first-order valence-electron chi connectivity index (χ1n) is 11.8. The fourth-order valence-electron chi connectivity index (χ4n) is 4.49. The van der Waals surface area contributed by atoms with E-state index < -0.39 is 11.1 Å². The minimum atomic E-state index is -1.39. The number of fused-ring (bicyclic) bond motifs is 2. The second-order valence-electron chi connectivity index (χ2n) is 10.0. The molecule has 3 amide bonds. The molecule has 0 spiro atoms. The van der Waals surface area contributed by atoms with Gasteiger partial charge in [0.15, 0.2) is 0 Å². The van der Waals surface area contributed by atoms with Crippen molar-refractivity contribution in [3.05, 3.63) is 101 Å². The maximum atomic E-state index is 14.2. The lowest BCUT2D eigenvalue weighted by Gasteiger charge is -2.42. The molecule has 0 fully saturated rings. The van der Waals surface area contributed by atoms with Gasteiger partial charge < -0.3 is 15.5 Å². The van der Waals surface area contributed by atoms with Gasteiger partial charge in [0.25, 0.3) is 17.7 Å². The minimum Gasteiger partial charge on any atom is -0.349 e. The van der Waals surface area contributed by atoms with Gasteiger partial charge in [-0.2, -0.15) is 0 Å². The van der Waals surface area contributed by atoms with Gasteiger partial charge in [0.05, 0.1) is 11.1 Å². The Bertz CT molecular complexity index is 1260. The van der Waals surface area contributed by atoms with Crippen LogP contribution in [0.15, 0.2) is 78.9 Å². The van der Waals surface area contributed by atoms with Gasteiger partial charge in [-0.25, -0.2) is 0 Å². The van der Waals surface area contributed by atoms with Crippen LogP contribution in [0.1, 0.15) is 59.5 Å². The monoisotopic (exact) mass is 469 g/mol. The SMILES string of the molecule is CC(C)(C)NC(=O)C1(C)c2ccccc2NC(=O)c2ccccc2C(=O)N1CCc1ccccc1. The van der Waals surface area contributed by atoms with Crippen LogP contribution in [0.3, 0.4) is 0 Å². The molecule has 35 heavy (non-hydrogen) atoms. The number of hydrogen-bond donors (Lipinski definition) is 2. The third kappa shape index (κ3) is 4.83. The van der Waals surface area contributed by atoms with Crippen LogP contribution >= 0.6 is 0 Å². The van der Waals surface area contributed by atoms with Crippen LogP contribution in [-0.2, 0) is 16.8 Å². The number of benzene rings is 3. The smallest absolute Gasteiger partial charge is 0.256 e. The number of anilines is 1. The molecule has 0 saturated heterocycles. The summed E-state index contributed by atoms with van der Waals surface area (Å²) in [4.78, 5) is 43.0. The molecule has 0 saturated carbocycles. The maximum Gasteiger partial charge on any atom is 0.256 e. The number of para-hydroxylation sites is 1. The summed E-state index contributed by atoms with van der Waals surface area (Å²) >= 11 is 0. The topological polar surface area (TPSA) is 78.5 Å². The number of rotatable bonds is 4. The summed E-state index contributed by atoms with van der Waals surface area (Å²) < 4.78 is 0. The first-order valence-corrected chi connectivity index (χ1v) is 11.8. The zero-order valence-corrected chi connectivity index (χ0v) is 20.6. The van der Waals surface area contributed by atoms with Crippen molar-refractivity contribution in [2.24, 2.45) is 0 Å². The van der Waals surface area contributed by atoms with Gasteiger partial charge in [0.2, 0.25) is 0 Å². The van der Waals surface area contributed by atoms with Gasteiger partial charge in [-0.3, -0.25) is 14.4 Å². The number of amides is 3. The Morgan fingerprint density at radius 2 is 1.49 bits per heavy atom. The standard InChI is InChI=1S/C29H31N3O3/c1-28(2,3)31-27(35)29(4)23-16-10-11-17-24(23)30-25(33)21-14-8-9-15-22(21)26(34)32(29)19-18-20-12-6-5-7-13-20/h5-17H,18-19H2,1-4H3,(H,30,33)(H,31,35). The summed E-state index contributed by atoms with van der Waals surface area (Å²) in [6.07, 6.45) is 0.552. The molecule has 6 heteroatoms. The van der Waals surface area contributed by atoms with Gasteiger partial charge in [0, 0.05) is 23.3 Å². The Kier molecular flexibility index (Phi) is 6.48. The summed E-state index contributed by atoms with van der Waals surface area (Å²) in [6, 6.07) is 23.8. The highest BCUT2D eigenvalue weighted by atomic mass is 16.2. The third-order valence-corrected chi connectivity index (χ3v) is 6.28. The minimum absolute atomic E-state index is 0.264. The largest absolute Gasteiger partial charge is 0.349 e. The van der Waals surface area contributed by atoms with Crippen molar-refractivity contribution in [1.29, 1.82) is 0 Å². The van der Waals surface area contributed by atoms with Crippen LogP contribution in [0.4, 0.5) is 5.69 Å². The number of nitrogens with one attached hydrogen (secondary N) is 2. The van der Waals surface area contributed by atoms with Crippen LogP contribution in [0.5, 0.6) is 0 Å². The van der Waals surface area contributed by atoms with Crippen molar-refractivity contribution in [2.45, 2.75) is 45.2 Å². The molecular formula is C29H31N3O3. The Morgan fingerprint density at radius 3 is 2.17 bits per heavy atom. The van der Waals surface area contributed by atoms with E-state index in [1.807, 2.05) is 57.2 Å². The highest BCUT2D eigenvalue weighted by molar-refractivity contribution is 6.14. The number of carbonyl (C=O) groups is 3. The van der Waals surface area contributed by atoms with Gasteiger partial charge in [-0.15, -0.1) is 0 Å². The van der Waals surface area contributed by atoms with Crippen LogP contribution in [-0.4, -0.2) is 34.7 Å². The summed E-state index contributed by atoms with van der Waals surface area (Å²) in [5.41, 5.74) is 0.735. The predicted molar refractivity (Wildman–Crippen MR) is 137 cm³/mol. The van der Waals surface area contributed by atoms with Crippen molar-refractivity contribution < 1.29 is 14.4 Å². The number of hydrogen-bond acceptors (Lipinski definition) is 3. The van der Waals surface area contributed by atoms with Crippen molar-refractivity contribution in [2.75, 3.05) is 11.9 Å². The molecule has 2 N–H and O–H groups in total. The van der Waals surface area contributed by atoms with Crippen LogP contribution < -0.4 is 10.6 Å². The van der Waals surface area contributed by atoms with Gasteiger partial charge in [-0.1, -0.05) is 60.7 Å². The summed E-state index contributed by atoms with van der Waals surface area (Å²) in [5, 5.41) is 6.03. The molecule has 1 atom stereocenters. The second-order valence-corrected chi connectivity index (χ2v) is 10.0. The van der Waals surface area contributed by atoms with E-state index in [0.717, 1.165) is 5.56 Å². The van der Waals surface area contributed by atoms with Crippen molar-refractivity contribution >= 4 is 23.4 Å². The molecule has 0 aliphatic carbocycles. The molecule has 1 aliphatic heterocycles. The normalized spacial score (nSPS) is 17.9. The lowest BCUT2D eigenvalue weighted by Crippen LogP contribution is -2.60. The molecule has 4 rings (SSSR count). The molecule has 0 radical (unpaired) electrons. The molecule has 3 aromatic carbocycles. The fraction of sp³-hybridized carbons (Fsp3) is 0.276. The summed E-state index contributed by atoms with van der Waals surface area (Å²) in [6.45, 7) is 7.76. The van der Waals surface area contributed by atoms with E-state index in [9.17, 15) is 14.4 Å². The van der Waals surface area contributed by atoms with Gasteiger partial charge >= 0.3 is 0 Å². The molecule has 0 bridgehead atoms. The Labute approximate surface area is 206 Å². The third-order valence-electron chi connectivity index (χ3n) is 6.28. The number of carbonyl (C=O) groups excluding carboxylic acids is 3. The Hall–Kier alpha value is -3.93. The molecular weight excluding hydrogens is 438 g/mol. The van der Waals surface area contributed by atoms with E-state index in [1.54, 1.807) is 54.3 Å². The van der Waals surface area contributed by atoms with Crippen LogP contribution in [0.2, 0.25) is 0 Å². The summed E-state index contributed by atoms with van der Waals surface area (Å²) in [7, 11) is 0. The van der Waals surface area contributed by atoms with E-state index in [4.69, 9.17) is 0 Å². The summed E-state index contributed by atoms with van der Waals surface area (Å²) in [5.74, 6) is -1.06. The van der Waals surface area contributed by atoms with E-state index in [2.05, 4.69) is 10.6 Å². The van der Waals surface area contributed by atoms with E-state index in [0.29, 0.717) is 17.7 Å². The van der Waals surface area contributed by atoms with Crippen molar-refractivity contribution in [3.63, 3.8) is 0 Å². The van der Waals surface area contributed by atoms with Crippen LogP contribution in [0.25, 0.3) is 0 Å². The molecule has 0 aromatic heterocycles. The molecule has 1 unspecified atom stereocenters. The average Bonchev–Trinajstić information content (AvgIpc) is 2.85. The highest BCUT2D eigenvalue weighted by Gasteiger charge is 2.47. The zero-order valence-electron chi connectivity index (χ0n) is 20.6. The first kappa shape index (κ1) is 24.2. The highest BCUT2D eigenvalue weighted by Crippen LogP contribution is 2.37. The number of nitrogens with zero attached hydrogens (tertiary/aromatic N) is 1. The molecule has 1 aliphatic rings. The molecule has 1 heterocycles. The second kappa shape index (κ2) is 9.37. The Balaban J connectivity index is 1.94. The first-order chi connectivity index (χ1) is 16.6. The average molecular weight is 470 g/mol. The fourth-order valence-corrected chi connectivity index (χ4v) is 4.49. The van der Waals surface area contributed by atoms with Crippen molar-refractivity contribution in [1.82, 2.24) is 10.2 Å². The lowest BCUT2D eigenvalue weighted by atomic mass is 9.85. The van der Waals surface area contributed by atoms with E-state index >= 15 is 0 Å². The van der Waals surface area contributed by atoms with E-state index in [-0.39, 0.29) is 35.4 Å². The van der Waals surface area contributed by atoms with E-state index in [1.165, 1.54) is 0 Å². The maximum absolute atomic E-state index is 14.2. The molecule has 180 valence electrons. The predicted octanol–water partition coefficient (Wildman–Crippen LogP) is 4.77. The molecule has 6 nitrogen and oxygen atoms in total. The van der Waals surface area contributed by atoms with Gasteiger partial charge in [0.1, 0.15) is 5.54 Å². The van der Waals surface area contributed by atoms with Crippen molar-refractivity contribution in [3.8, 4) is 0 Å². The lowest BCUT2D eigenvalue weighted by molar-refractivity contribution is -0.133. The quantitative estimate of drug-likeness (QED) is 0.578. The molecule has 3 aromatic rings.